The van der Waals surface area contributed by atoms with Gasteiger partial charge in [0, 0.05) is 10.8 Å². The number of nitrogens with one attached hydrogen (secondary N) is 1. The maximum atomic E-state index is 5.13. The number of hydrogen-bond donors (Lipinski definition) is 1. The number of nitrogens with zero attached hydrogens (tertiary/aromatic N) is 3. The molecule has 0 fully saturated rings. The molecule has 0 saturated carbocycles. The van der Waals surface area contributed by atoms with E-state index in [-0.39, 0.29) is 5.41 Å². The monoisotopic (exact) mass is 342 g/mol. The lowest BCUT2D eigenvalue weighted by molar-refractivity contribution is 0.394. The summed E-state index contributed by atoms with van der Waals surface area (Å²) in [6.45, 7) is 6.39. The molecule has 2 heterocycles. The molecule has 0 unspecified atom stereocenters. The van der Waals surface area contributed by atoms with Gasteiger partial charge in [0.2, 0.25) is 11.8 Å². The number of aromatic nitrogens is 3. The molecule has 5 nitrogen and oxygen atoms in total. The SMILES string of the molecule is COc1nc(Nc2nc(C(C)(C)C)cs2)ncc1Br. The molecule has 0 aliphatic carbocycles. The first kappa shape index (κ1) is 14.2. The van der Waals surface area contributed by atoms with Crippen molar-refractivity contribution in [2.75, 3.05) is 12.4 Å². The van der Waals surface area contributed by atoms with Crippen LogP contribution >= 0.6 is 27.3 Å². The third-order valence-electron chi connectivity index (χ3n) is 2.40. The van der Waals surface area contributed by atoms with Gasteiger partial charge in [0.25, 0.3) is 0 Å². The molecule has 0 saturated heterocycles. The fourth-order valence-corrected chi connectivity index (χ4v) is 2.61. The molecule has 0 aliphatic heterocycles. The maximum Gasteiger partial charge on any atom is 0.232 e. The van der Waals surface area contributed by atoms with Gasteiger partial charge in [0.15, 0.2) is 5.13 Å². The van der Waals surface area contributed by atoms with Gasteiger partial charge >= 0.3 is 0 Å². The molecule has 7 heteroatoms. The van der Waals surface area contributed by atoms with E-state index in [0.717, 1.165) is 15.3 Å². The van der Waals surface area contributed by atoms with Gasteiger partial charge in [-0.1, -0.05) is 20.8 Å². The highest BCUT2D eigenvalue weighted by atomic mass is 79.9. The minimum atomic E-state index is 0.0364. The average molecular weight is 343 g/mol. The molecule has 0 spiro atoms. The first-order chi connectivity index (χ1) is 8.90. The van der Waals surface area contributed by atoms with Crippen molar-refractivity contribution in [3.63, 3.8) is 0 Å². The molecule has 1 N–H and O–H groups in total. The van der Waals surface area contributed by atoms with Crippen LogP contribution in [0.25, 0.3) is 0 Å². The van der Waals surface area contributed by atoms with Crippen molar-refractivity contribution in [1.82, 2.24) is 15.0 Å². The van der Waals surface area contributed by atoms with Crippen molar-refractivity contribution in [1.29, 1.82) is 0 Å². The molecule has 0 aromatic carbocycles. The van der Waals surface area contributed by atoms with Gasteiger partial charge in [-0.15, -0.1) is 11.3 Å². The van der Waals surface area contributed by atoms with Crippen LogP contribution < -0.4 is 10.1 Å². The Labute approximate surface area is 124 Å². The van der Waals surface area contributed by atoms with E-state index in [2.05, 4.69) is 57.0 Å². The van der Waals surface area contributed by atoms with E-state index in [1.807, 2.05) is 5.38 Å². The Balaban J connectivity index is 2.19. The van der Waals surface area contributed by atoms with Gasteiger partial charge in [-0.2, -0.15) is 4.98 Å². The molecule has 0 bridgehead atoms. The fourth-order valence-electron chi connectivity index (χ4n) is 1.33. The zero-order valence-electron chi connectivity index (χ0n) is 11.2. The van der Waals surface area contributed by atoms with Gasteiger partial charge in [0.05, 0.1) is 23.5 Å². The second-order valence-electron chi connectivity index (χ2n) is 4.96. The summed E-state index contributed by atoms with van der Waals surface area (Å²) in [6.07, 6.45) is 1.65. The van der Waals surface area contributed by atoms with E-state index in [4.69, 9.17) is 4.74 Å². The van der Waals surface area contributed by atoms with Crippen molar-refractivity contribution in [2.24, 2.45) is 0 Å². The number of rotatable bonds is 3. The zero-order valence-corrected chi connectivity index (χ0v) is 13.6. The van der Waals surface area contributed by atoms with Crippen LogP contribution in [0.1, 0.15) is 26.5 Å². The van der Waals surface area contributed by atoms with Crippen LogP contribution in [0.15, 0.2) is 16.0 Å². The van der Waals surface area contributed by atoms with Crippen LogP contribution in [-0.4, -0.2) is 22.1 Å². The second-order valence-corrected chi connectivity index (χ2v) is 6.68. The number of thiazole rings is 1. The molecule has 19 heavy (non-hydrogen) atoms. The molecule has 102 valence electrons. The highest BCUT2D eigenvalue weighted by molar-refractivity contribution is 9.10. The molecule has 2 aromatic heterocycles. The van der Waals surface area contributed by atoms with Gasteiger partial charge < -0.3 is 4.74 Å². The molecule has 2 aromatic rings. The summed E-state index contributed by atoms with van der Waals surface area (Å²) in [6, 6.07) is 0. The molecule has 0 atom stereocenters. The quantitative estimate of drug-likeness (QED) is 0.920. The summed E-state index contributed by atoms with van der Waals surface area (Å²) < 4.78 is 5.85. The molecule has 2 rings (SSSR count). The van der Waals surface area contributed by atoms with Crippen molar-refractivity contribution < 1.29 is 4.74 Å². The van der Waals surface area contributed by atoms with Crippen molar-refractivity contribution >= 4 is 38.3 Å². The molecular formula is C12H15BrN4OS. The minimum Gasteiger partial charge on any atom is -0.480 e. The number of anilines is 2. The standard InChI is InChI=1S/C12H15BrN4OS/c1-12(2,3)8-6-19-11(15-8)17-10-14-5-7(13)9(16-10)18-4/h5-6H,1-4H3,(H,14,15,16,17). The van der Waals surface area contributed by atoms with Crippen LogP contribution in [0.4, 0.5) is 11.1 Å². The highest BCUT2D eigenvalue weighted by Crippen LogP contribution is 2.28. The summed E-state index contributed by atoms with van der Waals surface area (Å²) in [4.78, 5) is 12.9. The largest absolute Gasteiger partial charge is 0.480 e. The maximum absolute atomic E-state index is 5.13. The van der Waals surface area contributed by atoms with Gasteiger partial charge in [-0.05, 0) is 15.9 Å². The van der Waals surface area contributed by atoms with Gasteiger partial charge in [-0.3, -0.25) is 5.32 Å². The first-order valence-electron chi connectivity index (χ1n) is 5.69. The topological polar surface area (TPSA) is 59.9 Å². The lowest BCUT2D eigenvalue weighted by Crippen LogP contribution is -2.11. The predicted molar refractivity (Wildman–Crippen MR) is 80.4 cm³/mol. The second kappa shape index (κ2) is 5.42. The van der Waals surface area contributed by atoms with E-state index in [9.17, 15) is 0 Å². The van der Waals surface area contributed by atoms with Gasteiger partial charge in [-0.25, -0.2) is 9.97 Å². The highest BCUT2D eigenvalue weighted by Gasteiger charge is 2.17. The number of halogens is 1. The van der Waals surface area contributed by atoms with E-state index >= 15 is 0 Å². The van der Waals surface area contributed by atoms with E-state index < -0.39 is 0 Å². The summed E-state index contributed by atoms with van der Waals surface area (Å²) in [7, 11) is 1.57. The summed E-state index contributed by atoms with van der Waals surface area (Å²) in [5.41, 5.74) is 1.08. The van der Waals surface area contributed by atoms with Crippen molar-refractivity contribution in [3.8, 4) is 5.88 Å². The van der Waals surface area contributed by atoms with Gasteiger partial charge in [0.1, 0.15) is 0 Å². The van der Waals surface area contributed by atoms with E-state index in [1.54, 1.807) is 13.3 Å². The third kappa shape index (κ3) is 3.42. The Bertz CT molecular complexity index is 579. The minimum absolute atomic E-state index is 0.0364. The van der Waals surface area contributed by atoms with Crippen molar-refractivity contribution in [2.45, 2.75) is 26.2 Å². The molecule has 0 aliphatic rings. The summed E-state index contributed by atoms with van der Waals surface area (Å²) >= 11 is 4.85. The Hall–Kier alpha value is -1.21. The predicted octanol–water partition coefficient (Wildman–Crippen LogP) is 3.75. The van der Waals surface area contributed by atoms with Crippen molar-refractivity contribution in [3.05, 3.63) is 21.7 Å². The van der Waals surface area contributed by atoms with Crippen LogP contribution in [0.2, 0.25) is 0 Å². The summed E-state index contributed by atoms with van der Waals surface area (Å²) in [5, 5.41) is 5.90. The first-order valence-corrected chi connectivity index (χ1v) is 7.37. The Kier molecular flexibility index (Phi) is 4.05. The fraction of sp³-hybridized carbons (Fsp3) is 0.417. The Morgan fingerprint density at radius 2 is 2.05 bits per heavy atom. The van der Waals surface area contributed by atoms with Crippen LogP contribution in [0.3, 0.4) is 0 Å². The van der Waals surface area contributed by atoms with E-state index in [0.29, 0.717) is 11.8 Å². The number of methoxy groups -OCH3 is 1. The molecular weight excluding hydrogens is 328 g/mol. The lowest BCUT2D eigenvalue weighted by Gasteiger charge is -2.14. The Morgan fingerprint density at radius 1 is 1.32 bits per heavy atom. The Morgan fingerprint density at radius 3 is 2.63 bits per heavy atom. The summed E-state index contributed by atoms with van der Waals surface area (Å²) in [5.74, 6) is 0.958. The number of ether oxygens (including phenoxy) is 1. The smallest absolute Gasteiger partial charge is 0.232 e. The van der Waals surface area contributed by atoms with E-state index in [1.165, 1.54) is 11.3 Å². The molecule has 0 radical (unpaired) electrons. The average Bonchev–Trinajstić information content (AvgIpc) is 2.80. The van der Waals surface area contributed by atoms with Crippen LogP contribution in [0, 0.1) is 0 Å². The number of hydrogen-bond acceptors (Lipinski definition) is 6. The van der Waals surface area contributed by atoms with Crippen LogP contribution in [-0.2, 0) is 5.41 Å². The normalized spacial score (nSPS) is 11.4. The lowest BCUT2D eigenvalue weighted by atomic mass is 9.93. The third-order valence-corrected chi connectivity index (χ3v) is 3.70. The van der Waals surface area contributed by atoms with Crippen LogP contribution in [0.5, 0.6) is 5.88 Å². The zero-order chi connectivity index (χ0) is 14.0. The molecule has 0 amide bonds.